The van der Waals surface area contributed by atoms with Crippen LogP contribution < -0.4 is 0 Å². The zero-order valence-corrected chi connectivity index (χ0v) is 11.8. The minimum absolute atomic E-state index is 0.0745. The molecule has 2 nitrogen and oxygen atoms in total. The van der Waals surface area contributed by atoms with E-state index in [4.69, 9.17) is 0 Å². The summed E-state index contributed by atoms with van der Waals surface area (Å²) in [7, 11) is 2.15. The summed E-state index contributed by atoms with van der Waals surface area (Å²) in [6.45, 7) is 6.34. The van der Waals surface area contributed by atoms with E-state index >= 15 is 0 Å². The molecular formula is C14H26F2N2. The van der Waals surface area contributed by atoms with E-state index < -0.39 is 5.92 Å². The van der Waals surface area contributed by atoms with Gasteiger partial charge in [0.05, 0.1) is 0 Å². The van der Waals surface area contributed by atoms with Gasteiger partial charge in [-0.05, 0) is 40.2 Å². The first-order chi connectivity index (χ1) is 8.39. The van der Waals surface area contributed by atoms with E-state index in [0.717, 1.165) is 25.9 Å². The van der Waals surface area contributed by atoms with Gasteiger partial charge in [-0.2, -0.15) is 0 Å². The number of likely N-dealkylation sites (tertiary alicyclic amines) is 1. The van der Waals surface area contributed by atoms with E-state index in [2.05, 4.69) is 30.7 Å². The number of hydrogen-bond acceptors (Lipinski definition) is 2. The molecule has 106 valence electrons. The van der Waals surface area contributed by atoms with Crippen molar-refractivity contribution in [1.29, 1.82) is 0 Å². The van der Waals surface area contributed by atoms with Crippen LogP contribution in [-0.2, 0) is 0 Å². The van der Waals surface area contributed by atoms with Gasteiger partial charge >= 0.3 is 0 Å². The fourth-order valence-electron chi connectivity index (χ4n) is 3.31. The van der Waals surface area contributed by atoms with Crippen LogP contribution in [0.4, 0.5) is 8.78 Å². The fourth-order valence-corrected chi connectivity index (χ4v) is 3.31. The van der Waals surface area contributed by atoms with Crippen LogP contribution in [0.15, 0.2) is 0 Å². The standard InChI is InChI=1S/C14H26F2N2/c1-11(2)17(3)13-6-8-18(10-13)12-5-4-7-14(15,16)9-12/h11-13H,4-10H2,1-3H3/t12-,13?/m0/s1. The Morgan fingerprint density at radius 1 is 1.28 bits per heavy atom. The predicted octanol–water partition coefficient (Wildman–Crippen LogP) is 2.98. The maximum Gasteiger partial charge on any atom is 0.249 e. The van der Waals surface area contributed by atoms with Gasteiger partial charge in [-0.3, -0.25) is 9.80 Å². The molecule has 1 heterocycles. The molecule has 1 aliphatic carbocycles. The molecule has 0 radical (unpaired) electrons. The molecule has 2 aliphatic rings. The second kappa shape index (κ2) is 5.41. The summed E-state index contributed by atoms with van der Waals surface area (Å²) in [5.41, 5.74) is 0. The molecule has 0 aromatic carbocycles. The summed E-state index contributed by atoms with van der Waals surface area (Å²) < 4.78 is 26.9. The lowest BCUT2D eigenvalue weighted by Gasteiger charge is -2.36. The lowest BCUT2D eigenvalue weighted by Crippen LogP contribution is -2.44. The van der Waals surface area contributed by atoms with E-state index in [0.29, 0.717) is 18.5 Å². The van der Waals surface area contributed by atoms with Crippen molar-refractivity contribution < 1.29 is 8.78 Å². The van der Waals surface area contributed by atoms with Gasteiger partial charge in [0.1, 0.15) is 0 Å². The number of alkyl halides is 2. The smallest absolute Gasteiger partial charge is 0.249 e. The lowest BCUT2D eigenvalue weighted by atomic mass is 9.91. The number of rotatable bonds is 3. The first-order valence-electron chi connectivity index (χ1n) is 7.23. The van der Waals surface area contributed by atoms with Crippen LogP contribution in [0.3, 0.4) is 0 Å². The molecule has 0 bridgehead atoms. The summed E-state index contributed by atoms with van der Waals surface area (Å²) in [5, 5.41) is 0. The van der Waals surface area contributed by atoms with E-state index in [9.17, 15) is 8.78 Å². The molecule has 2 atom stereocenters. The van der Waals surface area contributed by atoms with Gasteiger partial charge in [-0.25, -0.2) is 8.78 Å². The molecular weight excluding hydrogens is 234 g/mol. The quantitative estimate of drug-likeness (QED) is 0.769. The molecule has 0 aromatic rings. The highest BCUT2D eigenvalue weighted by Crippen LogP contribution is 2.36. The molecule has 4 heteroatoms. The molecule has 0 aromatic heterocycles. The maximum absolute atomic E-state index is 13.5. The van der Waals surface area contributed by atoms with Crippen LogP contribution >= 0.6 is 0 Å². The molecule has 2 rings (SSSR count). The number of halogens is 2. The van der Waals surface area contributed by atoms with Crippen molar-refractivity contribution in [2.24, 2.45) is 0 Å². The average Bonchev–Trinajstić information content (AvgIpc) is 2.75. The third-order valence-electron chi connectivity index (χ3n) is 4.72. The Morgan fingerprint density at radius 3 is 2.61 bits per heavy atom. The van der Waals surface area contributed by atoms with Gasteiger partial charge in [-0.15, -0.1) is 0 Å². The second-order valence-corrected chi connectivity index (χ2v) is 6.30. The van der Waals surface area contributed by atoms with Crippen molar-refractivity contribution >= 4 is 0 Å². The van der Waals surface area contributed by atoms with Gasteiger partial charge in [-0.1, -0.05) is 0 Å². The van der Waals surface area contributed by atoms with Crippen LogP contribution in [0.5, 0.6) is 0 Å². The van der Waals surface area contributed by atoms with Crippen molar-refractivity contribution in [3.05, 3.63) is 0 Å². The number of hydrogen-bond donors (Lipinski definition) is 0. The molecule has 18 heavy (non-hydrogen) atoms. The first-order valence-corrected chi connectivity index (χ1v) is 7.23. The molecule has 1 aliphatic heterocycles. The van der Waals surface area contributed by atoms with Crippen molar-refractivity contribution in [2.75, 3.05) is 20.1 Å². The monoisotopic (exact) mass is 260 g/mol. The average molecular weight is 260 g/mol. The first kappa shape index (κ1) is 14.2. The van der Waals surface area contributed by atoms with Gasteiger partial charge in [0.25, 0.3) is 0 Å². The van der Waals surface area contributed by atoms with Gasteiger partial charge in [0.2, 0.25) is 5.92 Å². The van der Waals surface area contributed by atoms with Crippen molar-refractivity contribution in [3.63, 3.8) is 0 Å². The highest BCUT2D eigenvalue weighted by Gasteiger charge is 2.40. The topological polar surface area (TPSA) is 6.48 Å². The fraction of sp³-hybridized carbons (Fsp3) is 1.00. The largest absolute Gasteiger partial charge is 0.300 e. The van der Waals surface area contributed by atoms with Crippen LogP contribution in [0.1, 0.15) is 46.0 Å². The van der Waals surface area contributed by atoms with Gasteiger partial charge in [0.15, 0.2) is 0 Å². The number of nitrogens with zero attached hydrogens (tertiary/aromatic N) is 2. The second-order valence-electron chi connectivity index (χ2n) is 6.30. The van der Waals surface area contributed by atoms with Gasteiger partial charge < -0.3 is 0 Å². The van der Waals surface area contributed by atoms with Crippen LogP contribution in [0, 0.1) is 0 Å². The third kappa shape index (κ3) is 3.21. The Bertz CT molecular complexity index is 281. The summed E-state index contributed by atoms with van der Waals surface area (Å²) in [6.07, 6.45) is 2.92. The molecule has 2 fully saturated rings. The summed E-state index contributed by atoms with van der Waals surface area (Å²) in [4.78, 5) is 4.68. The zero-order valence-electron chi connectivity index (χ0n) is 11.8. The van der Waals surface area contributed by atoms with E-state index in [-0.39, 0.29) is 18.9 Å². The third-order valence-corrected chi connectivity index (χ3v) is 4.72. The number of likely N-dealkylation sites (N-methyl/N-ethyl adjacent to an activating group) is 1. The summed E-state index contributed by atoms with van der Waals surface area (Å²) >= 11 is 0. The van der Waals surface area contributed by atoms with E-state index in [1.165, 1.54) is 0 Å². The predicted molar refractivity (Wildman–Crippen MR) is 70.1 cm³/mol. The Balaban J connectivity index is 1.89. The normalized spacial score (nSPS) is 33.5. The molecule has 0 amide bonds. The van der Waals surface area contributed by atoms with Crippen molar-refractivity contribution in [1.82, 2.24) is 9.80 Å². The summed E-state index contributed by atoms with van der Waals surface area (Å²) in [5.74, 6) is -2.43. The summed E-state index contributed by atoms with van der Waals surface area (Å²) in [6, 6.07) is 1.18. The van der Waals surface area contributed by atoms with Crippen molar-refractivity contribution in [2.45, 2.75) is 70.0 Å². The van der Waals surface area contributed by atoms with Crippen LogP contribution in [-0.4, -0.2) is 54.0 Å². The molecule has 1 unspecified atom stereocenters. The zero-order chi connectivity index (χ0) is 13.3. The van der Waals surface area contributed by atoms with E-state index in [1.54, 1.807) is 0 Å². The van der Waals surface area contributed by atoms with Crippen LogP contribution in [0.25, 0.3) is 0 Å². The Kier molecular flexibility index (Phi) is 4.27. The maximum atomic E-state index is 13.5. The van der Waals surface area contributed by atoms with Crippen LogP contribution in [0.2, 0.25) is 0 Å². The molecule has 1 saturated heterocycles. The molecule has 1 saturated carbocycles. The minimum Gasteiger partial charge on any atom is -0.300 e. The molecule has 0 N–H and O–H groups in total. The SMILES string of the molecule is CC(C)N(C)C1CCN([C@H]2CCCC(F)(F)C2)C1. The van der Waals surface area contributed by atoms with E-state index in [1.807, 2.05) is 0 Å². The van der Waals surface area contributed by atoms with Gasteiger partial charge in [0, 0.05) is 44.1 Å². The highest BCUT2D eigenvalue weighted by atomic mass is 19.3. The minimum atomic E-state index is -2.43. The highest BCUT2D eigenvalue weighted by molar-refractivity contribution is 4.91. The van der Waals surface area contributed by atoms with Crippen molar-refractivity contribution in [3.8, 4) is 0 Å². The lowest BCUT2D eigenvalue weighted by molar-refractivity contribution is -0.0612. The Labute approximate surface area is 109 Å². The Morgan fingerprint density at radius 2 is 2.00 bits per heavy atom. The Hall–Kier alpha value is -0.220. The molecule has 0 spiro atoms.